The lowest BCUT2D eigenvalue weighted by molar-refractivity contribution is -0.138. The van der Waals surface area contributed by atoms with Crippen LogP contribution in [0, 0.1) is 0 Å². The molecule has 2 heterocycles. The highest BCUT2D eigenvalue weighted by Crippen LogP contribution is 2.37. The number of carboxylic acid groups (broad SMARTS) is 1. The number of fused-ring (bicyclic) bond motifs is 1. The molecule has 0 bridgehead atoms. The number of nitrogens with one attached hydrogen (secondary N) is 1. The van der Waals surface area contributed by atoms with E-state index in [4.69, 9.17) is 0 Å². The molecule has 0 radical (unpaired) electrons. The molecule has 1 unspecified atom stereocenters. The summed E-state index contributed by atoms with van der Waals surface area (Å²) in [5.74, 6) is -1.96. The van der Waals surface area contributed by atoms with Crippen molar-refractivity contribution in [2.45, 2.75) is 5.92 Å². The third-order valence-corrected chi connectivity index (χ3v) is 4.39. The zero-order valence-electron chi connectivity index (χ0n) is 13.2. The summed E-state index contributed by atoms with van der Waals surface area (Å²) >= 11 is 0. The summed E-state index contributed by atoms with van der Waals surface area (Å²) in [5, 5.41) is 16.4. The Morgan fingerprint density at radius 3 is 2.56 bits per heavy atom. The van der Waals surface area contributed by atoms with Gasteiger partial charge in [0.05, 0.1) is 5.69 Å². The van der Waals surface area contributed by atoms with Gasteiger partial charge in [0.2, 0.25) is 0 Å². The topological polar surface area (TPSA) is 86.3 Å². The smallest absolute Gasteiger partial charge is 0.312 e. The third kappa shape index (κ3) is 2.57. The van der Waals surface area contributed by atoms with Gasteiger partial charge in [-0.05, 0) is 23.3 Å². The molecule has 0 spiro atoms. The molecule has 4 rings (SSSR count). The van der Waals surface area contributed by atoms with Gasteiger partial charge in [0.1, 0.15) is 5.92 Å². The summed E-state index contributed by atoms with van der Waals surface area (Å²) < 4.78 is 0. The number of H-pyrrole nitrogens is 1. The predicted octanol–water partition coefficient (Wildman–Crippen LogP) is 2.91. The number of anilines is 1. The number of aromatic nitrogens is 2. The van der Waals surface area contributed by atoms with Crippen molar-refractivity contribution < 1.29 is 14.7 Å². The van der Waals surface area contributed by atoms with E-state index in [2.05, 4.69) is 10.2 Å². The van der Waals surface area contributed by atoms with E-state index in [-0.39, 0.29) is 18.1 Å². The first kappa shape index (κ1) is 15.1. The van der Waals surface area contributed by atoms with Crippen LogP contribution in [-0.2, 0) is 4.79 Å². The third-order valence-electron chi connectivity index (χ3n) is 4.39. The predicted molar refractivity (Wildman–Crippen MR) is 92.5 cm³/mol. The lowest BCUT2D eigenvalue weighted by Crippen LogP contribution is -2.31. The zero-order valence-corrected chi connectivity index (χ0v) is 13.2. The minimum absolute atomic E-state index is 0.112. The van der Waals surface area contributed by atoms with Crippen LogP contribution in [0.15, 0.2) is 60.7 Å². The molecule has 1 atom stereocenters. The second-order valence-corrected chi connectivity index (χ2v) is 5.90. The Labute approximate surface area is 143 Å². The second-order valence-electron chi connectivity index (χ2n) is 5.90. The largest absolute Gasteiger partial charge is 0.481 e. The van der Waals surface area contributed by atoms with E-state index >= 15 is 0 Å². The molecule has 3 aromatic rings. The highest BCUT2D eigenvalue weighted by molar-refractivity contribution is 6.08. The molecule has 0 fully saturated rings. The first-order chi connectivity index (χ1) is 12.1. The maximum Gasteiger partial charge on any atom is 0.312 e. The monoisotopic (exact) mass is 333 g/mol. The summed E-state index contributed by atoms with van der Waals surface area (Å²) in [6.07, 6.45) is 0. The number of hydrogen-bond acceptors (Lipinski definition) is 3. The number of aliphatic carboxylic acids is 1. The molecule has 2 aromatic carbocycles. The molecule has 1 aliphatic rings. The number of carboxylic acids is 1. The van der Waals surface area contributed by atoms with Crippen LogP contribution in [0.2, 0.25) is 0 Å². The minimum Gasteiger partial charge on any atom is -0.481 e. The minimum atomic E-state index is -0.935. The molecular weight excluding hydrogens is 318 g/mol. The van der Waals surface area contributed by atoms with E-state index in [0.29, 0.717) is 11.3 Å². The number of nitrogens with zero attached hydrogens (tertiary/aromatic N) is 2. The number of hydrogen-bond donors (Lipinski definition) is 2. The van der Waals surface area contributed by atoms with Gasteiger partial charge < -0.3 is 10.0 Å². The van der Waals surface area contributed by atoms with Crippen molar-refractivity contribution >= 4 is 17.6 Å². The highest BCUT2D eigenvalue weighted by Gasteiger charge is 2.37. The summed E-state index contributed by atoms with van der Waals surface area (Å²) in [5.41, 5.74) is 3.22. The van der Waals surface area contributed by atoms with Crippen LogP contribution in [0.3, 0.4) is 0 Å². The molecule has 1 aromatic heterocycles. The van der Waals surface area contributed by atoms with Crippen molar-refractivity contribution in [1.82, 2.24) is 10.2 Å². The van der Waals surface area contributed by atoms with Crippen LogP contribution in [0.1, 0.15) is 22.0 Å². The molecule has 6 heteroatoms. The Kier molecular flexibility index (Phi) is 3.57. The SMILES string of the molecule is O=C(O)C1CN(C(=O)c2cc(-c3ccccc3)[nH]n2)c2ccccc21. The lowest BCUT2D eigenvalue weighted by atomic mass is 10.0. The Morgan fingerprint density at radius 1 is 1.08 bits per heavy atom. The number of amides is 1. The normalized spacial score (nSPS) is 15.8. The fraction of sp³-hybridized carbons (Fsp3) is 0.105. The Bertz CT molecular complexity index is 949. The fourth-order valence-corrected chi connectivity index (χ4v) is 3.15. The molecule has 1 amide bonds. The molecule has 124 valence electrons. The lowest BCUT2D eigenvalue weighted by Gasteiger charge is -2.15. The standard InChI is InChI=1S/C19H15N3O3/c23-18(16-10-15(20-21-16)12-6-2-1-3-7-12)22-11-14(19(24)25)13-8-4-5-9-17(13)22/h1-10,14H,11H2,(H,20,21)(H,24,25). The quantitative estimate of drug-likeness (QED) is 0.771. The Hall–Kier alpha value is -3.41. The van der Waals surface area contributed by atoms with Gasteiger partial charge >= 0.3 is 5.97 Å². The number of carbonyl (C=O) groups excluding carboxylic acids is 1. The average molecular weight is 333 g/mol. The number of para-hydroxylation sites is 1. The van der Waals surface area contributed by atoms with Gasteiger partial charge in [-0.25, -0.2) is 0 Å². The maximum atomic E-state index is 12.9. The van der Waals surface area contributed by atoms with E-state index in [1.165, 1.54) is 4.90 Å². The number of rotatable bonds is 3. The van der Waals surface area contributed by atoms with Gasteiger partial charge in [-0.15, -0.1) is 0 Å². The first-order valence-corrected chi connectivity index (χ1v) is 7.89. The van der Waals surface area contributed by atoms with Crippen LogP contribution >= 0.6 is 0 Å². The number of carbonyl (C=O) groups is 2. The number of benzene rings is 2. The number of aromatic amines is 1. The summed E-state index contributed by atoms with van der Waals surface area (Å²) in [6, 6.07) is 18.4. The van der Waals surface area contributed by atoms with Gasteiger partial charge in [-0.2, -0.15) is 5.10 Å². The molecule has 25 heavy (non-hydrogen) atoms. The highest BCUT2D eigenvalue weighted by atomic mass is 16.4. The molecule has 1 aliphatic heterocycles. The fourth-order valence-electron chi connectivity index (χ4n) is 3.15. The van der Waals surface area contributed by atoms with Gasteiger partial charge in [0.25, 0.3) is 5.91 Å². The first-order valence-electron chi connectivity index (χ1n) is 7.89. The Balaban J connectivity index is 1.66. The van der Waals surface area contributed by atoms with E-state index in [1.807, 2.05) is 30.3 Å². The summed E-state index contributed by atoms with van der Waals surface area (Å²) in [4.78, 5) is 25.9. The van der Waals surface area contributed by atoms with Crippen LogP contribution in [0.25, 0.3) is 11.3 Å². The van der Waals surface area contributed by atoms with Crippen molar-refractivity contribution in [2.24, 2.45) is 0 Å². The summed E-state index contributed by atoms with van der Waals surface area (Å²) in [6.45, 7) is 0.112. The molecule has 0 saturated carbocycles. The molecule has 0 saturated heterocycles. The van der Waals surface area contributed by atoms with Crippen molar-refractivity contribution in [3.8, 4) is 11.3 Å². The average Bonchev–Trinajstić information content (AvgIpc) is 3.27. The molecule has 6 nitrogen and oxygen atoms in total. The molecule has 2 N–H and O–H groups in total. The molecular formula is C19H15N3O3. The van der Waals surface area contributed by atoms with Crippen LogP contribution in [-0.4, -0.2) is 33.7 Å². The maximum absolute atomic E-state index is 12.9. The van der Waals surface area contributed by atoms with Crippen molar-refractivity contribution in [2.75, 3.05) is 11.4 Å². The van der Waals surface area contributed by atoms with Crippen molar-refractivity contribution in [3.63, 3.8) is 0 Å². The van der Waals surface area contributed by atoms with Gasteiger partial charge in [0.15, 0.2) is 5.69 Å². The van der Waals surface area contributed by atoms with E-state index < -0.39 is 11.9 Å². The van der Waals surface area contributed by atoms with Crippen molar-refractivity contribution in [3.05, 3.63) is 71.9 Å². The molecule has 0 aliphatic carbocycles. The van der Waals surface area contributed by atoms with Crippen LogP contribution in [0.5, 0.6) is 0 Å². The van der Waals surface area contributed by atoms with Gasteiger partial charge in [-0.1, -0.05) is 48.5 Å². The van der Waals surface area contributed by atoms with E-state index in [1.54, 1.807) is 30.3 Å². The van der Waals surface area contributed by atoms with E-state index in [0.717, 1.165) is 11.3 Å². The summed E-state index contributed by atoms with van der Waals surface area (Å²) in [7, 11) is 0. The van der Waals surface area contributed by atoms with Gasteiger partial charge in [0, 0.05) is 12.2 Å². The van der Waals surface area contributed by atoms with Crippen LogP contribution < -0.4 is 4.90 Å². The van der Waals surface area contributed by atoms with Crippen LogP contribution in [0.4, 0.5) is 5.69 Å². The zero-order chi connectivity index (χ0) is 17.4. The van der Waals surface area contributed by atoms with Gasteiger partial charge in [-0.3, -0.25) is 14.7 Å². The Morgan fingerprint density at radius 2 is 1.80 bits per heavy atom. The van der Waals surface area contributed by atoms with Crippen molar-refractivity contribution in [1.29, 1.82) is 0 Å². The van der Waals surface area contributed by atoms with E-state index in [9.17, 15) is 14.7 Å². The second kappa shape index (κ2) is 5.90.